The molecule has 0 unspecified atom stereocenters. The van der Waals surface area contributed by atoms with Crippen LogP contribution in [0.25, 0.3) is 16.9 Å². The highest BCUT2D eigenvalue weighted by Gasteiger charge is 2.29. The van der Waals surface area contributed by atoms with Gasteiger partial charge in [-0.25, -0.2) is 13.6 Å². The average molecular weight is 581 g/mol. The molecule has 1 amide bonds. The number of pyridine rings is 1. The Bertz CT molecular complexity index is 1610. The molecule has 0 saturated heterocycles. The molecule has 1 atom stereocenters. The van der Waals surface area contributed by atoms with Crippen LogP contribution in [0.4, 0.5) is 18.9 Å². The zero-order chi connectivity index (χ0) is 30.0. The molecule has 5 rings (SSSR count). The number of carbonyl (C=O) groups is 1. The monoisotopic (exact) mass is 580 g/mol. The summed E-state index contributed by atoms with van der Waals surface area (Å²) < 4.78 is 42.6. The highest BCUT2D eigenvalue weighted by Crippen LogP contribution is 2.35. The second-order valence-corrected chi connectivity index (χ2v) is 11.0. The van der Waals surface area contributed by atoms with Crippen LogP contribution in [0.1, 0.15) is 73.6 Å². The Morgan fingerprint density at radius 1 is 1.17 bits per heavy atom. The van der Waals surface area contributed by atoms with Gasteiger partial charge in [0.2, 0.25) is 0 Å². The van der Waals surface area contributed by atoms with E-state index >= 15 is 0 Å². The maximum atomic E-state index is 14.4. The molecule has 3 N–H and O–H groups in total. The maximum absolute atomic E-state index is 14.4. The summed E-state index contributed by atoms with van der Waals surface area (Å²) in [6, 6.07) is 10.7. The van der Waals surface area contributed by atoms with E-state index in [2.05, 4.69) is 31.9 Å². The normalized spacial score (nSPS) is 18.1. The zero-order valence-electron chi connectivity index (χ0n) is 23.1. The number of nitrogens with zero attached hydrogens (tertiary/aromatic N) is 6. The number of hydrogen-bond acceptors (Lipinski definition) is 7. The number of rotatable bonds is 9. The van der Waals surface area contributed by atoms with E-state index in [0.29, 0.717) is 51.4 Å². The number of hydrogen-bond donors (Lipinski definition) is 3. The fourth-order valence-electron chi connectivity index (χ4n) is 5.11. The van der Waals surface area contributed by atoms with E-state index < -0.39 is 24.2 Å². The molecule has 10 nitrogen and oxygen atoms in total. The molecule has 1 saturated carbocycles. The summed E-state index contributed by atoms with van der Waals surface area (Å²) in [5, 5.41) is 33.5. The lowest BCUT2D eigenvalue weighted by atomic mass is 9.84. The Labute approximate surface area is 240 Å². The Morgan fingerprint density at radius 2 is 1.93 bits per heavy atom. The lowest BCUT2D eigenvalue weighted by Crippen LogP contribution is -2.42. The van der Waals surface area contributed by atoms with Crippen molar-refractivity contribution >= 4 is 17.1 Å². The third-order valence-electron chi connectivity index (χ3n) is 7.58. The van der Waals surface area contributed by atoms with Crippen LogP contribution in [0.3, 0.4) is 0 Å². The van der Waals surface area contributed by atoms with E-state index in [9.17, 15) is 28.3 Å². The number of carbonyl (C=O) groups excluding carboxylic acids is 1. The summed E-state index contributed by atoms with van der Waals surface area (Å²) in [5.41, 5.74) is 2.02. The molecule has 0 aromatic carbocycles. The zero-order valence-corrected chi connectivity index (χ0v) is 23.1. The van der Waals surface area contributed by atoms with Crippen LogP contribution >= 0.6 is 0 Å². The number of amides is 1. The minimum Gasteiger partial charge on any atom is -0.387 e. The van der Waals surface area contributed by atoms with Crippen LogP contribution in [0.2, 0.25) is 0 Å². The van der Waals surface area contributed by atoms with Crippen molar-refractivity contribution in [3.63, 3.8) is 0 Å². The van der Waals surface area contributed by atoms with Crippen LogP contribution in [0, 0.1) is 11.3 Å². The van der Waals surface area contributed by atoms with Gasteiger partial charge in [-0.15, -0.1) is 0 Å². The number of alkyl halides is 3. The number of nitrogens with one attached hydrogen (secondary N) is 2. The molecule has 220 valence electrons. The van der Waals surface area contributed by atoms with E-state index in [1.54, 1.807) is 22.7 Å². The SMILES string of the molecule is CC(C)(O)[C@H](F)CNC(=O)c1cnc(-c2ccc3cc(C#N)cnn23)cc1NC1CCC(c2ccn(C(F)F)n2)CC1. The van der Waals surface area contributed by atoms with Crippen molar-refractivity contribution in [1.29, 1.82) is 5.26 Å². The van der Waals surface area contributed by atoms with E-state index in [0.717, 1.165) is 12.8 Å². The molecule has 0 aliphatic heterocycles. The fraction of sp³-hybridized carbons (Fsp3) is 0.414. The van der Waals surface area contributed by atoms with E-state index in [1.807, 2.05) is 12.1 Å². The van der Waals surface area contributed by atoms with Gasteiger partial charge in [-0.3, -0.25) is 9.78 Å². The van der Waals surface area contributed by atoms with Crippen molar-refractivity contribution < 1.29 is 23.1 Å². The van der Waals surface area contributed by atoms with Crippen molar-refractivity contribution in [3.05, 3.63) is 65.7 Å². The molecule has 4 aromatic rings. The minimum absolute atomic E-state index is 0.0223. The number of anilines is 1. The summed E-state index contributed by atoms with van der Waals surface area (Å²) in [6.45, 7) is -0.401. The van der Waals surface area contributed by atoms with Crippen LogP contribution in [-0.4, -0.2) is 59.8 Å². The van der Waals surface area contributed by atoms with Crippen molar-refractivity contribution in [2.24, 2.45) is 0 Å². The molecule has 1 fully saturated rings. The second kappa shape index (κ2) is 11.8. The van der Waals surface area contributed by atoms with Gasteiger partial charge in [0, 0.05) is 24.4 Å². The molecule has 1 aliphatic rings. The third kappa shape index (κ3) is 6.23. The van der Waals surface area contributed by atoms with Crippen LogP contribution < -0.4 is 10.6 Å². The number of halogens is 3. The Balaban J connectivity index is 1.38. The lowest BCUT2D eigenvalue weighted by Gasteiger charge is -2.29. The second-order valence-electron chi connectivity index (χ2n) is 11.0. The molecule has 0 bridgehead atoms. The predicted molar refractivity (Wildman–Crippen MR) is 149 cm³/mol. The van der Waals surface area contributed by atoms with E-state index in [4.69, 9.17) is 0 Å². The van der Waals surface area contributed by atoms with Gasteiger partial charge < -0.3 is 15.7 Å². The maximum Gasteiger partial charge on any atom is 0.333 e. The summed E-state index contributed by atoms with van der Waals surface area (Å²) in [4.78, 5) is 17.6. The largest absolute Gasteiger partial charge is 0.387 e. The van der Waals surface area contributed by atoms with Crippen molar-refractivity contribution in [2.75, 3.05) is 11.9 Å². The minimum atomic E-state index is -2.68. The number of aliphatic hydroxyl groups is 1. The van der Waals surface area contributed by atoms with E-state index in [-0.39, 0.29) is 24.1 Å². The van der Waals surface area contributed by atoms with E-state index in [1.165, 1.54) is 32.4 Å². The Kier molecular flexibility index (Phi) is 8.17. The molecule has 0 spiro atoms. The van der Waals surface area contributed by atoms with Crippen molar-refractivity contribution in [3.8, 4) is 17.5 Å². The topological polar surface area (TPSA) is 133 Å². The number of aromatic nitrogens is 5. The predicted octanol–water partition coefficient (Wildman–Crippen LogP) is 4.84. The standard InChI is InChI=1S/C29H31F3N8O2/c1-29(2,42)26(30)16-35-27(41)21-15-34-24(25-8-7-20-11-17(13-33)14-36-40(20)25)12-23(21)37-19-5-3-18(4-6-19)22-9-10-39(38-22)28(31)32/h7-12,14-15,18-19,26,28,42H,3-6,16H2,1-2H3,(H,34,37)(H,35,41)/t18?,19?,26-/m1/s1. The van der Waals surface area contributed by atoms with Crippen molar-refractivity contribution in [1.82, 2.24) is 29.7 Å². The Morgan fingerprint density at radius 3 is 2.60 bits per heavy atom. The van der Waals surface area contributed by atoms with Gasteiger partial charge in [-0.1, -0.05) is 0 Å². The third-order valence-corrected chi connectivity index (χ3v) is 7.58. The molecular weight excluding hydrogens is 549 g/mol. The first-order chi connectivity index (χ1) is 20.0. The molecule has 4 heterocycles. The van der Waals surface area contributed by atoms with Crippen molar-refractivity contribution in [2.45, 2.75) is 69.8 Å². The van der Waals surface area contributed by atoms with Gasteiger partial charge in [0.25, 0.3) is 5.91 Å². The number of fused-ring (bicyclic) bond motifs is 1. The molecule has 0 radical (unpaired) electrons. The van der Waals surface area contributed by atoms with Gasteiger partial charge in [0.05, 0.1) is 57.8 Å². The summed E-state index contributed by atoms with van der Waals surface area (Å²) >= 11 is 0. The quantitative estimate of drug-likeness (QED) is 0.258. The fourth-order valence-corrected chi connectivity index (χ4v) is 5.11. The first-order valence-corrected chi connectivity index (χ1v) is 13.7. The summed E-state index contributed by atoms with van der Waals surface area (Å²) in [7, 11) is 0. The van der Waals surface area contributed by atoms with Gasteiger partial charge in [0.1, 0.15) is 12.2 Å². The van der Waals surface area contributed by atoms with Gasteiger partial charge in [-0.05, 0) is 69.9 Å². The molecule has 1 aliphatic carbocycles. The number of nitriles is 1. The average Bonchev–Trinajstić information content (AvgIpc) is 3.63. The summed E-state index contributed by atoms with van der Waals surface area (Å²) in [5.74, 6) is -0.495. The smallest absolute Gasteiger partial charge is 0.333 e. The van der Waals surface area contributed by atoms with Crippen LogP contribution in [0.5, 0.6) is 0 Å². The van der Waals surface area contributed by atoms with Gasteiger partial charge >= 0.3 is 6.55 Å². The van der Waals surface area contributed by atoms with Crippen LogP contribution in [-0.2, 0) is 0 Å². The first kappa shape index (κ1) is 29.1. The summed E-state index contributed by atoms with van der Waals surface area (Å²) in [6.07, 6.45) is 5.35. The van der Waals surface area contributed by atoms with Gasteiger partial charge in [0.15, 0.2) is 0 Å². The highest BCUT2D eigenvalue weighted by molar-refractivity contribution is 6.00. The van der Waals surface area contributed by atoms with Gasteiger partial charge in [-0.2, -0.15) is 24.2 Å². The van der Waals surface area contributed by atoms with Crippen LogP contribution in [0.15, 0.2) is 48.9 Å². The lowest BCUT2D eigenvalue weighted by molar-refractivity contribution is -0.00178. The molecule has 13 heteroatoms. The molecule has 4 aromatic heterocycles. The molecule has 42 heavy (non-hydrogen) atoms. The highest BCUT2D eigenvalue weighted by atomic mass is 19.3. The molecular formula is C29H31F3N8O2. The first-order valence-electron chi connectivity index (χ1n) is 13.7. The Hall–Kier alpha value is -4.44.